The van der Waals surface area contributed by atoms with Crippen LogP contribution in [-0.2, 0) is 38.2 Å². The van der Waals surface area contributed by atoms with Crippen LogP contribution in [0.4, 0.5) is 23.2 Å². The summed E-state index contributed by atoms with van der Waals surface area (Å²) in [5, 5.41) is 21.7. The van der Waals surface area contributed by atoms with E-state index in [9.17, 15) is 56.7 Å². The lowest BCUT2D eigenvalue weighted by Gasteiger charge is -2.36. The van der Waals surface area contributed by atoms with E-state index in [1.807, 2.05) is 0 Å². The summed E-state index contributed by atoms with van der Waals surface area (Å²) < 4.78 is 43.9. The fourth-order valence-electron chi connectivity index (χ4n) is 13.6. The highest BCUT2D eigenvalue weighted by Crippen LogP contribution is 2.42. The summed E-state index contributed by atoms with van der Waals surface area (Å²) in [6.07, 6.45) is 6.21. The largest absolute Gasteiger partial charge is 0.480 e. The van der Waals surface area contributed by atoms with Gasteiger partial charge in [0.25, 0.3) is 5.91 Å². The van der Waals surface area contributed by atoms with E-state index in [0.717, 1.165) is 54.8 Å². The number of carboxylic acids is 1. The molecule has 0 unspecified atom stereocenters. The van der Waals surface area contributed by atoms with E-state index in [2.05, 4.69) is 16.0 Å². The molecule has 26 nitrogen and oxygen atoms in total. The smallest absolute Gasteiger partial charge is 0.410 e. The normalized spacial score (nSPS) is 19.0. The van der Waals surface area contributed by atoms with Crippen LogP contribution in [0.15, 0.2) is 83.6 Å². The zero-order chi connectivity index (χ0) is 81.0. The Morgan fingerprint density at radius 1 is 0.509 bits per heavy atom. The maximum Gasteiger partial charge on any atom is 0.410 e. The van der Waals surface area contributed by atoms with Gasteiger partial charge in [-0.2, -0.15) is 0 Å². The molecule has 4 aliphatic rings. The number of amides is 8. The summed E-state index contributed by atoms with van der Waals surface area (Å²) in [5.41, 5.74) is -1.15. The third kappa shape index (κ3) is 23.0. The first-order valence-corrected chi connectivity index (χ1v) is 39.1. The van der Waals surface area contributed by atoms with E-state index in [0.29, 0.717) is 41.3 Å². The monoisotopic (exact) mass is 1560 g/mol. The van der Waals surface area contributed by atoms with Gasteiger partial charge in [0.05, 0.1) is 12.1 Å². The minimum atomic E-state index is -1.06. The highest BCUT2D eigenvalue weighted by molar-refractivity contribution is 7.10. The molecule has 0 radical (unpaired) electrons. The summed E-state index contributed by atoms with van der Waals surface area (Å²) in [7, 11) is 4.30. The van der Waals surface area contributed by atoms with Crippen LogP contribution in [0, 0.1) is 29.4 Å². The quantitative estimate of drug-likeness (QED) is 0.0349. The molecular weight excluding hydrogens is 1460 g/mol. The summed E-state index contributed by atoms with van der Waals surface area (Å²) in [5.74, 6) is -6.64. The van der Waals surface area contributed by atoms with Crippen molar-refractivity contribution in [2.45, 2.75) is 232 Å². The molecule has 30 heteroatoms. The lowest BCUT2D eigenvalue weighted by molar-refractivity contribution is -0.142. The molecule has 2 saturated carbocycles. The van der Waals surface area contributed by atoms with E-state index < -0.39 is 142 Å². The molecule has 3 aromatic carbocycles. The SMILES string of the molecule is C[C@@H](C(=O)N[C@H](C(=O)N1C[C@@H](CC(=O)c2ccc(C(=O)N[C@H]3C[C@@H](c4nc(C(=O)c5ccc(F)cc5)cs4)N(C(=O)[C@@H](NC(=O)[C@H](C)N(C)C(=O)OC(C)(C)C)C4CCCCC4)C3)cc2)C[C@H]1c1nc(C(=O)c2ccc(F)cc2)cs1)C1CCCCC1)N(C)C(=O)OC(C)(C)C.C[C@@H](C(=O)O)N(C)C(=O)OC(C)(C)C. The molecule has 4 N–H and O–H groups in total. The minimum absolute atomic E-state index is 0.00775. The van der Waals surface area contributed by atoms with Crippen LogP contribution >= 0.6 is 22.7 Å². The Kier molecular flexibility index (Phi) is 28.9. The van der Waals surface area contributed by atoms with Gasteiger partial charge in [-0.3, -0.25) is 53.1 Å². The van der Waals surface area contributed by atoms with E-state index in [1.165, 1.54) is 110 Å². The van der Waals surface area contributed by atoms with E-state index >= 15 is 9.59 Å². The van der Waals surface area contributed by atoms with Crippen molar-refractivity contribution in [3.63, 3.8) is 0 Å². The molecule has 8 amide bonds. The Labute approximate surface area is 649 Å². The van der Waals surface area contributed by atoms with Crippen LogP contribution < -0.4 is 16.0 Å². The second kappa shape index (κ2) is 37.0. The summed E-state index contributed by atoms with van der Waals surface area (Å²) in [4.78, 5) is 179. The second-order valence-electron chi connectivity index (χ2n) is 31.9. The molecule has 2 saturated heterocycles. The predicted molar refractivity (Wildman–Crippen MR) is 407 cm³/mol. The number of nitrogens with one attached hydrogen (secondary N) is 3. The van der Waals surface area contributed by atoms with Gasteiger partial charge >= 0.3 is 24.2 Å². The molecule has 0 spiro atoms. The number of hydrogen-bond acceptors (Lipinski definition) is 19. The number of halogens is 2. The van der Waals surface area contributed by atoms with Gasteiger partial charge in [-0.25, -0.2) is 37.9 Å². The molecule has 9 atom stereocenters. The molecule has 596 valence electrons. The Morgan fingerprint density at radius 3 is 1.25 bits per heavy atom. The molecule has 4 fully saturated rings. The Morgan fingerprint density at radius 2 is 0.864 bits per heavy atom. The third-order valence-corrected chi connectivity index (χ3v) is 22.0. The number of rotatable bonds is 23. The number of carbonyl (C=O) groups excluding carboxylic acids is 11. The van der Waals surface area contributed by atoms with Gasteiger partial charge in [-0.05, 0) is 200 Å². The zero-order valence-electron chi connectivity index (χ0n) is 65.3. The van der Waals surface area contributed by atoms with Crippen LogP contribution in [0.2, 0.25) is 0 Å². The van der Waals surface area contributed by atoms with Gasteiger partial charge in [-0.15, -0.1) is 22.7 Å². The number of carbonyl (C=O) groups is 12. The van der Waals surface area contributed by atoms with Gasteiger partial charge in [0.15, 0.2) is 5.78 Å². The number of thiazole rings is 2. The van der Waals surface area contributed by atoms with Crippen molar-refractivity contribution in [3.8, 4) is 0 Å². The molecule has 110 heavy (non-hydrogen) atoms. The highest BCUT2D eigenvalue weighted by Gasteiger charge is 2.47. The van der Waals surface area contributed by atoms with E-state index in [4.69, 9.17) is 29.3 Å². The van der Waals surface area contributed by atoms with Crippen LogP contribution in [-0.4, -0.2) is 198 Å². The summed E-state index contributed by atoms with van der Waals surface area (Å²) >= 11 is 2.33. The Balaban J connectivity index is 0.000000983. The Bertz CT molecular complexity index is 3900. The van der Waals surface area contributed by atoms with Crippen molar-refractivity contribution in [2.75, 3.05) is 34.2 Å². The number of nitrogens with zero attached hydrogens (tertiary/aromatic N) is 7. The van der Waals surface area contributed by atoms with Gasteiger partial charge in [-0.1, -0.05) is 50.7 Å². The van der Waals surface area contributed by atoms with Crippen molar-refractivity contribution in [1.82, 2.24) is 50.4 Å². The van der Waals surface area contributed by atoms with Crippen molar-refractivity contribution in [3.05, 3.63) is 139 Å². The molecule has 5 aromatic rings. The average Bonchev–Trinajstić information content (AvgIpc) is 1.49. The number of hydrogen-bond donors (Lipinski definition) is 4. The number of Topliss-reactive ketones (excluding diaryl/α,β-unsaturated/α-hetero) is 1. The van der Waals surface area contributed by atoms with Crippen molar-refractivity contribution in [1.29, 1.82) is 0 Å². The zero-order valence-corrected chi connectivity index (χ0v) is 66.9. The minimum Gasteiger partial charge on any atom is -0.480 e. The third-order valence-electron chi connectivity index (χ3n) is 20.1. The Hall–Kier alpha value is -9.58. The predicted octanol–water partition coefficient (Wildman–Crippen LogP) is 12.5. The number of aromatic nitrogens is 2. The first-order chi connectivity index (χ1) is 51.6. The first kappa shape index (κ1) is 86.0. The molecule has 2 aromatic heterocycles. The molecule has 4 heterocycles. The maximum atomic E-state index is 15.3. The van der Waals surface area contributed by atoms with E-state index in [-0.39, 0.29) is 84.0 Å². The van der Waals surface area contributed by atoms with Gasteiger partial charge in [0.2, 0.25) is 35.2 Å². The van der Waals surface area contributed by atoms with Crippen LogP contribution in [0.25, 0.3) is 0 Å². The molecular formula is C80H104F2N10O16S2. The van der Waals surface area contributed by atoms with Gasteiger partial charge in [0.1, 0.15) is 80.0 Å². The number of aliphatic carboxylic acids is 1. The van der Waals surface area contributed by atoms with Gasteiger partial charge < -0.3 is 45.1 Å². The molecule has 2 aliphatic heterocycles. The molecule has 2 aliphatic carbocycles. The number of likely N-dealkylation sites (N-methyl/N-ethyl adjacent to an activating group) is 3. The van der Waals surface area contributed by atoms with Crippen molar-refractivity contribution in [2.24, 2.45) is 17.8 Å². The summed E-state index contributed by atoms with van der Waals surface area (Å²) in [6, 6.07) is 9.20. The van der Waals surface area contributed by atoms with E-state index in [1.54, 1.807) is 109 Å². The number of benzene rings is 3. The standard InChI is InChI=1S/C71H87F2N9O12S2.C9H17NO4/c1-40(79(9)68(91)93-70(3,4)5)61(86)77-57(44-17-13-11-14-18-44)66(89)81-36-42(33-54(81)64-75-52(38-95-64)59(84)46-25-29-49(72)30-26-46)34-56(83)43-21-23-48(24-22-43)63(88)74-51-35-55(65-76-53(39-96-65)60(85)47-27-31-50(73)32-28-47)82(37-51)67(90)58(45-19-15-12-16-20-45)78-62(87)41(2)80(10)69(92)94-71(6,7)8;1-6(7(11)12)10(5)8(13)14-9(2,3)4/h21-32,38-42,44-45,51,54-55,57-58H,11-20,33-37H2,1-10H3,(H,74,88)(H,77,86)(H,78,87);6H,1-5H3,(H,11,12)/t40-,41-,42+,51-,54-,55-,57-,58-;6-/m00/s1. The van der Waals surface area contributed by atoms with Crippen molar-refractivity contribution < 1.29 is 85.6 Å². The number of carboxylic acid groups (broad SMARTS) is 1. The molecule has 9 rings (SSSR count). The fraction of sp³-hybridized carbons (Fsp3) is 0.550. The maximum absolute atomic E-state index is 15.3. The van der Waals surface area contributed by atoms with Gasteiger partial charge in [0, 0.05) is 79.7 Å². The van der Waals surface area contributed by atoms with Crippen LogP contribution in [0.3, 0.4) is 0 Å². The lowest BCUT2D eigenvalue weighted by atomic mass is 9.83. The fourth-order valence-corrected chi connectivity index (χ4v) is 15.5. The summed E-state index contributed by atoms with van der Waals surface area (Å²) in [6.45, 7) is 20.1. The molecule has 0 bridgehead atoms. The lowest BCUT2D eigenvalue weighted by Crippen LogP contribution is -2.57. The van der Waals surface area contributed by atoms with Crippen LogP contribution in [0.1, 0.15) is 241 Å². The van der Waals surface area contributed by atoms with Crippen molar-refractivity contribution >= 4 is 93.8 Å². The first-order valence-electron chi connectivity index (χ1n) is 37.4. The second-order valence-corrected chi connectivity index (χ2v) is 33.7. The number of ether oxygens (including phenoxy) is 3. The number of likely N-dealkylation sites (tertiary alicyclic amines) is 2. The van der Waals surface area contributed by atoms with Crippen LogP contribution in [0.5, 0.6) is 0 Å². The number of ketones is 3. The average molecular weight is 1560 g/mol. The topological polar surface area (TPSA) is 331 Å². The highest BCUT2D eigenvalue weighted by atomic mass is 32.1.